The molecule has 0 aliphatic heterocycles. The van der Waals surface area contributed by atoms with Crippen molar-refractivity contribution < 1.29 is 10.2 Å². The molecule has 0 atom stereocenters. The van der Waals surface area contributed by atoms with Crippen LogP contribution in [-0.2, 0) is 5.41 Å². The third-order valence-electron chi connectivity index (χ3n) is 4.28. The molecular formula is C21H26N2O2. The molecule has 0 saturated heterocycles. The van der Waals surface area contributed by atoms with Crippen molar-refractivity contribution in [1.82, 2.24) is 0 Å². The zero-order valence-corrected chi connectivity index (χ0v) is 14.8. The summed E-state index contributed by atoms with van der Waals surface area (Å²) in [6.07, 6.45) is 3.49. The minimum absolute atomic E-state index is 0.188. The summed E-state index contributed by atoms with van der Waals surface area (Å²) in [6.45, 7) is 12.7. The number of hydrogen-bond acceptors (Lipinski definition) is 4. The quantitative estimate of drug-likeness (QED) is 0.419. The molecule has 2 rings (SSSR count). The predicted molar refractivity (Wildman–Crippen MR) is 106 cm³/mol. The van der Waals surface area contributed by atoms with E-state index in [9.17, 15) is 10.2 Å². The Morgan fingerprint density at radius 2 is 1.24 bits per heavy atom. The highest BCUT2D eigenvalue weighted by atomic mass is 16.3. The molecule has 0 aliphatic carbocycles. The molecule has 0 aromatic heterocycles. The zero-order valence-electron chi connectivity index (χ0n) is 14.8. The zero-order chi connectivity index (χ0) is 18.4. The smallest absolute Gasteiger partial charge is 0.138 e. The summed E-state index contributed by atoms with van der Waals surface area (Å²) in [7, 11) is 0. The first-order valence-corrected chi connectivity index (χ1v) is 8.28. The molecule has 0 amide bonds. The molecule has 0 bridgehead atoms. The van der Waals surface area contributed by atoms with Crippen molar-refractivity contribution in [3.05, 3.63) is 72.8 Å². The third-order valence-corrected chi connectivity index (χ3v) is 4.28. The number of aromatic hydroxyl groups is 2. The third kappa shape index (κ3) is 3.79. The fourth-order valence-electron chi connectivity index (χ4n) is 2.99. The van der Waals surface area contributed by atoms with Crippen LogP contribution in [0.3, 0.4) is 0 Å². The second kappa shape index (κ2) is 7.79. The number of nitrogens with one attached hydrogen (secondary N) is 2. The molecule has 0 fully saturated rings. The van der Waals surface area contributed by atoms with Gasteiger partial charge < -0.3 is 20.8 Å². The molecule has 0 unspecified atom stereocenters. The average Bonchev–Trinajstić information content (AvgIpc) is 2.59. The predicted octanol–water partition coefficient (Wildman–Crippen LogP) is 4.62. The van der Waals surface area contributed by atoms with Gasteiger partial charge in [-0.15, -0.1) is 13.2 Å². The van der Waals surface area contributed by atoms with Crippen molar-refractivity contribution >= 4 is 11.4 Å². The topological polar surface area (TPSA) is 64.5 Å². The molecule has 2 aromatic carbocycles. The van der Waals surface area contributed by atoms with Gasteiger partial charge in [0.05, 0.1) is 11.4 Å². The van der Waals surface area contributed by atoms with E-state index in [0.717, 1.165) is 11.1 Å². The van der Waals surface area contributed by atoms with Crippen LogP contribution < -0.4 is 10.6 Å². The fourth-order valence-corrected chi connectivity index (χ4v) is 2.99. The molecule has 0 aliphatic rings. The summed E-state index contributed by atoms with van der Waals surface area (Å²) < 4.78 is 0. The minimum Gasteiger partial charge on any atom is -0.506 e. The van der Waals surface area contributed by atoms with Crippen LogP contribution in [0.25, 0.3) is 0 Å². The fraction of sp³-hybridized carbons (Fsp3) is 0.238. The van der Waals surface area contributed by atoms with Crippen LogP contribution in [0.15, 0.2) is 61.7 Å². The number of rotatable bonds is 8. The first-order valence-electron chi connectivity index (χ1n) is 8.28. The number of phenolic OH excluding ortho intramolecular Hbond substituents is 2. The second-order valence-electron chi connectivity index (χ2n) is 6.36. The Hall–Kier alpha value is -2.88. The van der Waals surface area contributed by atoms with E-state index in [1.807, 2.05) is 24.3 Å². The van der Waals surface area contributed by atoms with Gasteiger partial charge in [-0.2, -0.15) is 0 Å². The standard InChI is InChI=1S/C21H26N2O2/c1-5-13-22-19-15(9-7-11-17(19)24)21(3,4)16-10-8-12-18(25)20(16)23-14-6-2/h5-12,22-25H,1-2,13-14H2,3-4H3. The summed E-state index contributed by atoms with van der Waals surface area (Å²) >= 11 is 0. The number of para-hydroxylation sites is 2. The Morgan fingerprint density at radius 3 is 1.60 bits per heavy atom. The van der Waals surface area contributed by atoms with Gasteiger partial charge in [0.15, 0.2) is 0 Å². The Labute approximate surface area is 149 Å². The van der Waals surface area contributed by atoms with E-state index in [1.54, 1.807) is 24.3 Å². The summed E-state index contributed by atoms with van der Waals surface area (Å²) in [5.41, 5.74) is 2.74. The molecule has 2 aromatic rings. The highest BCUT2D eigenvalue weighted by Gasteiger charge is 2.30. The van der Waals surface area contributed by atoms with E-state index in [1.165, 1.54) is 0 Å². The summed E-state index contributed by atoms with van der Waals surface area (Å²) in [4.78, 5) is 0. The lowest BCUT2D eigenvalue weighted by atomic mass is 9.76. The number of benzene rings is 2. The molecule has 132 valence electrons. The molecule has 0 heterocycles. The first kappa shape index (κ1) is 18.5. The van der Waals surface area contributed by atoms with E-state index in [2.05, 4.69) is 37.6 Å². The van der Waals surface area contributed by atoms with Gasteiger partial charge in [0.1, 0.15) is 11.5 Å². The number of phenols is 2. The normalized spacial score (nSPS) is 11.0. The largest absolute Gasteiger partial charge is 0.506 e. The van der Waals surface area contributed by atoms with Gasteiger partial charge in [-0.05, 0) is 23.3 Å². The Bertz CT molecular complexity index is 703. The van der Waals surface area contributed by atoms with E-state index in [-0.39, 0.29) is 11.5 Å². The van der Waals surface area contributed by atoms with Gasteiger partial charge in [0.2, 0.25) is 0 Å². The highest BCUT2D eigenvalue weighted by molar-refractivity contribution is 5.71. The lowest BCUT2D eigenvalue weighted by Crippen LogP contribution is -2.23. The van der Waals surface area contributed by atoms with Crippen LogP contribution in [0.2, 0.25) is 0 Å². The van der Waals surface area contributed by atoms with Gasteiger partial charge in [-0.25, -0.2) is 0 Å². The van der Waals surface area contributed by atoms with Crippen molar-refractivity contribution in [1.29, 1.82) is 0 Å². The van der Waals surface area contributed by atoms with Crippen LogP contribution in [0.5, 0.6) is 11.5 Å². The molecule has 4 heteroatoms. The van der Waals surface area contributed by atoms with E-state index in [0.29, 0.717) is 24.5 Å². The molecular weight excluding hydrogens is 312 g/mol. The van der Waals surface area contributed by atoms with Crippen molar-refractivity contribution in [3.8, 4) is 11.5 Å². The molecule has 0 spiro atoms. The van der Waals surface area contributed by atoms with Crippen molar-refractivity contribution in [2.24, 2.45) is 0 Å². The summed E-state index contributed by atoms with van der Waals surface area (Å²) in [5, 5.41) is 27.1. The van der Waals surface area contributed by atoms with Crippen molar-refractivity contribution in [3.63, 3.8) is 0 Å². The van der Waals surface area contributed by atoms with Crippen LogP contribution >= 0.6 is 0 Å². The maximum Gasteiger partial charge on any atom is 0.138 e. The Balaban J connectivity index is 2.60. The molecule has 0 saturated carbocycles. The second-order valence-corrected chi connectivity index (χ2v) is 6.36. The number of hydrogen-bond donors (Lipinski definition) is 4. The van der Waals surface area contributed by atoms with Crippen LogP contribution in [-0.4, -0.2) is 23.3 Å². The SMILES string of the molecule is C=CCNc1c(O)cccc1C(C)(C)c1cccc(O)c1NCC=C. The molecule has 4 nitrogen and oxygen atoms in total. The summed E-state index contributed by atoms with van der Waals surface area (Å²) in [5.74, 6) is 0.376. The van der Waals surface area contributed by atoms with Crippen LogP contribution in [0, 0.1) is 0 Å². The lowest BCUT2D eigenvalue weighted by Gasteiger charge is -2.31. The highest BCUT2D eigenvalue weighted by Crippen LogP contribution is 2.44. The first-order chi connectivity index (χ1) is 11.9. The maximum atomic E-state index is 10.3. The molecule has 25 heavy (non-hydrogen) atoms. The monoisotopic (exact) mass is 338 g/mol. The minimum atomic E-state index is -0.468. The Kier molecular flexibility index (Phi) is 5.75. The van der Waals surface area contributed by atoms with Crippen molar-refractivity contribution in [2.75, 3.05) is 23.7 Å². The van der Waals surface area contributed by atoms with E-state index < -0.39 is 5.41 Å². The summed E-state index contributed by atoms with van der Waals surface area (Å²) in [6, 6.07) is 10.9. The van der Waals surface area contributed by atoms with Gasteiger partial charge in [-0.1, -0.05) is 50.3 Å². The van der Waals surface area contributed by atoms with Crippen molar-refractivity contribution in [2.45, 2.75) is 19.3 Å². The maximum absolute atomic E-state index is 10.3. The van der Waals surface area contributed by atoms with Gasteiger partial charge in [-0.3, -0.25) is 0 Å². The van der Waals surface area contributed by atoms with Gasteiger partial charge in [0, 0.05) is 18.5 Å². The van der Waals surface area contributed by atoms with Gasteiger partial charge >= 0.3 is 0 Å². The lowest BCUT2D eigenvalue weighted by molar-refractivity contribution is 0.472. The average molecular weight is 338 g/mol. The van der Waals surface area contributed by atoms with Crippen LogP contribution in [0.4, 0.5) is 11.4 Å². The molecule has 4 N–H and O–H groups in total. The van der Waals surface area contributed by atoms with Crippen LogP contribution in [0.1, 0.15) is 25.0 Å². The Morgan fingerprint density at radius 1 is 0.840 bits per heavy atom. The van der Waals surface area contributed by atoms with E-state index >= 15 is 0 Å². The van der Waals surface area contributed by atoms with E-state index in [4.69, 9.17) is 0 Å². The number of anilines is 2. The van der Waals surface area contributed by atoms with Gasteiger partial charge in [0.25, 0.3) is 0 Å². The molecule has 0 radical (unpaired) electrons.